The molecule has 0 aliphatic heterocycles. The first kappa shape index (κ1) is 25.9. The van der Waals surface area contributed by atoms with Crippen molar-refractivity contribution in [3.8, 4) is 0 Å². The maximum absolute atomic E-state index is 9.54. The third-order valence-electron chi connectivity index (χ3n) is 8.40. The summed E-state index contributed by atoms with van der Waals surface area (Å²) in [6.45, 7) is 17.4. The van der Waals surface area contributed by atoms with Crippen molar-refractivity contribution >= 4 is 18.7 Å². The Labute approximate surface area is 203 Å². The number of hydrogen-bond acceptors (Lipinski definition) is 2. The number of aliphatic hydroxyl groups is 1. The predicted molar refractivity (Wildman–Crippen MR) is 144 cm³/mol. The van der Waals surface area contributed by atoms with E-state index in [2.05, 4.69) is 109 Å². The van der Waals surface area contributed by atoms with Crippen molar-refractivity contribution in [2.45, 2.75) is 72.8 Å². The molecule has 2 atom stereocenters. The van der Waals surface area contributed by atoms with Crippen molar-refractivity contribution in [2.75, 3.05) is 13.2 Å². The van der Waals surface area contributed by atoms with Gasteiger partial charge in [-0.15, -0.1) is 0 Å². The predicted octanol–water partition coefficient (Wildman–Crippen LogP) is 6.33. The topological polar surface area (TPSA) is 29.5 Å². The van der Waals surface area contributed by atoms with E-state index in [1.807, 2.05) is 6.08 Å². The highest BCUT2D eigenvalue weighted by molar-refractivity contribution is 6.99. The van der Waals surface area contributed by atoms with Crippen LogP contribution in [0.5, 0.6) is 0 Å². The Balaban J connectivity index is 2.04. The maximum atomic E-state index is 9.54. The van der Waals surface area contributed by atoms with Gasteiger partial charge in [-0.1, -0.05) is 121 Å². The van der Waals surface area contributed by atoms with Crippen LogP contribution in [-0.2, 0) is 4.43 Å². The Morgan fingerprint density at radius 2 is 1.48 bits per heavy atom. The molecule has 1 fully saturated rings. The summed E-state index contributed by atoms with van der Waals surface area (Å²) in [5.41, 5.74) is 1.63. The first-order chi connectivity index (χ1) is 15.5. The van der Waals surface area contributed by atoms with Crippen LogP contribution in [-0.4, -0.2) is 26.6 Å². The highest BCUT2D eigenvalue weighted by atomic mass is 28.4. The van der Waals surface area contributed by atoms with Gasteiger partial charge in [0.25, 0.3) is 8.32 Å². The van der Waals surface area contributed by atoms with Crippen molar-refractivity contribution in [1.82, 2.24) is 0 Å². The molecule has 0 bridgehead atoms. The molecule has 0 radical (unpaired) electrons. The molecule has 2 aromatic carbocycles. The van der Waals surface area contributed by atoms with Crippen molar-refractivity contribution in [1.29, 1.82) is 0 Å². The molecule has 0 aromatic heterocycles. The average molecular weight is 465 g/mol. The Kier molecular flexibility index (Phi) is 7.78. The van der Waals surface area contributed by atoms with Crippen LogP contribution in [0.1, 0.15) is 67.7 Å². The van der Waals surface area contributed by atoms with Gasteiger partial charge in [0.05, 0.1) is 6.61 Å². The smallest absolute Gasteiger partial charge is 0.261 e. The van der Waals surface area contributed by atoms with Gasteiger partial charge in [-0.05, 0) is 51.4 Å². The summed E-state index contributed by atoms with van der Waals surface area (Å²) in [5.74, 6) is 0.518. The first-order valence-corrected chi connectivity index (χ1v) is 14.5. The van der Waals surface area contributed by atoms with Gasteiger partial charge < -0.3 is 9.53 Å². The van der Waals surface area contributed by atoms with Crippen LogP contribution in [0.2, 0.25) is 5.04 Å². The fourth-order valence-corrected chi connectivity index (χ4v) is 10.7. The standard InChI is InChI=1S/C30H44O2Si/c1-8-24(19-20-31)25-21-29(5,6)30(7,22-25)23-32-33(28(2,3)4,26-15-11-9-12-16-26)27-17-13-10-14-18-27/h9-19,25,31H,8,20-23H2,1-7H3/b24-19-. The molecule has 1 N–H and O–H groups in total. The summed E-state index contributed by atoms with van der Waals surface area (Å²) in [5, 5.41) is 12.2. The van der Waals surface area contributed by atoms with Gasteiger partial charge in [-0.3, -0.25) is 0 Å². The van der Waals surface area contributed by atoms with Gasteiger partial charge in [0.2, 0.25) is 0 Å². The lowest BCUT2D eigenvalue weighted by molar-refractivity contribution is 0.0571. The number of rotatable bonds is 8. The number of aliphatic hydroxyl groups excluding tert-OH is 1. The minimum absolute atomic E-state index is 0.0143. The molecule has 1 aliphatic rings. The van der Waals surface area contributed by atoms with E-state index in [0.717, 1.165) is 25.9 Å². The van der Waals surface area contributed by atoms with Crippen LogP contribution in [0.4, 0.5) is 0 Å². The Morgan fingerprint density at radius 3 is 1.91 bits per heavy atom. The number of benzene rings is 2. The molecule has 2 nitrogen and oxygen atoms in total. The summed E-state index contributed by atoms with van der Waals surface area (Å²) in [6, 6.07) is 21.9. The van der Waals surface area contributed by atoms with E-state index in [1.165, 1.54) is 15.9 Å². The largest absolute Gasteiger partial charge is 0.407 e. The zero-order valence-corrected chi connectivity index (χ0v) is 22.8. The monoisotopic (exact) mass is 464 g/mol. The lowest BCUT2D eigenvalue weighted by Crippen LogP contribution is -2.67. The van der Waals surface area contributed by atoms with Crippen LogP contribution in [0, 0.1) is 16.7 Å². The summed E-state index contributed by atoms with van der Waals surface area (Å²) < 4.78 is 7.38. The Morgan fingerprint density at radius 1 is 0.970 bits per heavy atom. The average Bonchev–Trinajstić information content (AvgIpc) is 3.01. The van der Waals surface area contributed by atoms with E-state index in [9.17, 15) is 5.11 Å². The highest BCUT2D eigenvalue weighted by Crippen LogP contribution is 2.57. The molecule has 2 unspecified atom stereocenters. The molecule has 0 saturated heterocycles. The van der Waals surface area contributed by atoms with Gasteiger partial charge in [-0.25, -0.2) is 0 Å². The molecule has 2 aromatic rings. The Bertz CT molecular complexity index is 887. The molecule has 3 heteroatoms. The number of hydrogen-bond donors (Lipinski definition) is 1. The molecule has 0 heterocycles. The molecule has 180 valence electrons. The van der Waals surface area contributed by atoms with Gasteiger partial charge in [0, 0.05) is 6.61 Å². The minimum atomic E-state index is -2.55. The third-order valence-corrected chi connectivity index (χ3v) is 13.4. The molecule has 1 saturated carbocycles. The van der Waals surface area contributed by atoms with E-state index < -0.39 is 8.32 Å². The fraction of sp³-hybridized carbons (Fsp3) is 0.533. The van der Waals surface area contributed by atoms with Crippen LogP contribution in [0.15, 0.2) is 72.3 Å². The van der Waals surface area contributed by atoms with E-state index in [0.29, 0.717) is 5.92 Å². The second kappa shape index (κ2) is 9.89. The molecular weight excluding hydrogens is 420 g/mol. The Hall–Kier alpha value is -1.68. The summed E-state index contributed by atoms with van der Waals surface area (Å²) in [6.07, 6.45) is 5.30. The van der Waals surface area contributed by atoms with Crippen LogP contribution < -0.4 is 10.4 Å². The normalized spacial score (nSPS) is 23.6. The van der Waals surface area contributed by atoms with Gasteiger partial charge in [0.15, 0.2) is 0 Å². The van der Waals surface area contributed by atoms with Crippen LogP contribution in [0.3, 0.4) is 0 Å². The molecule has 1 aliphatic carbocycles. The molecule has 0 amide bonds. The molecular formula is C30H44O2Si. The van der Waals surface area contributed by atoms with E-state index >= 15 is 0 Å². The van der Waals surface area contributed by atoms with Gasteiger partial charge in [0.1, 0.15) is 0 Å². The summed E-state index contributed by atoms with van der Waals surface area (Å²) in [7, 11) is -2.55. The quantitative estimate of drug-likeness (QED) is 0.365. The molecule has 0 spiro atoms. The zero-order chi connectivity index (χ0) is 24.3. The number of allylic oxidation sites excluding steroid dienone is 1. The maximum Gasteiger partial charge on any atom is 0.261 e. The minimum Gasteiger partial charge on any atom is -0.407 e. The van der Waals surface area contributed by atoms with Gasteiger partial charge in [-0.2, -0.15) is 0 Å². The highest BCUT2D eigenvalue weighted by Gasteiger charge is 2.55. The second-order valence-electron chi connectivity index (χ2n) is 11.8. The van der Waals surface area contributed by atoms with Crippen LogP contribution in [0.25, 0.3) is 0 Å². The van der Waals surface area contributed by atoms with Crippen molar-refractivity contribution in [2.24, 2.45) is 16.7 Å². The first-order valence-electron chi connectivity index (χ1n) is 12.6. The third kappa shape index (κ3) is 4.92. The van der Waals surface area contributed by atoms with Crippen molar-refractivity contribution in [3.63, 3.8) is 0 Å². The second-order valence-corrected chi connectivity index (χ2v) is 16.1. The van der Waals surface area contributed by atoms with E-state index in [4.69, 9.17) is 4.43 Å². The van der Waals surface area contributed by atoms with E-state index in [1.54, 1.807) is 0 Å². The SMILES string of the molecule is CC/C(=C/CO)C1CC(C)(C)C(C)(CO[Si](c2ccccc2)(c2ccccc2)C(C)(C)C)C1. The lowest BCUT2D eigenvalue weighted by atomic mass is 9.70. The van der Waals surface area contributed by atoms with Crippen molar-refractivity contribution < 1.29 is 9.53 Å². The summed E-state index contributed by atoms with van der Waals surface area (Å²) >= 11 is 0. The zero-order valence-electron chi connectivity index (χ0n) is 21.8. The lowest BCUT2D eigenvalue weighted by Gasteiger charge is -2.47. The van der Waals surface area contributed by atoms with Gasteiger partial charge >= 0.3 is 0 Å². The summed E-state index contributed by atoms with van der Waals surface area (Å²) in [4.78, 5) is 0. The van der Waals surface area contributed by atoms with E-state index in [-0.39, 0.29) is 22.5 Å². The van der Waals surface area contributed by atoms with Crippen LogP contribution >= 0.6 is 0 Å². The molecule has 33 heavy (non-hydrogen) atoms. The fourth-order valence-electron chi connectivity index (χ4n) is 6.02. The van der Waals surface area contributed by atoms with Crippen molar-refractivity contribution in [3.05, 3.63) is 72.3 Å². The molecule has 3 rings (SSSR count).